The van der Waals surface area contributed by atoms with Crippen molar-refractivity contribution in [1.29, 1.82) is 0 Å². The van der Waals surface area contributed by atoms with E-state index in [1.807, 2.05) is 60.6 Å². The zero-order valence-corrected chi connectivity index (χ0v) is 16.3. The summed E-state index contributed by atoms with van der Waals surface area (Å²) in [5.74, 6) is 1.59. The van der Waals surface area contributed by atoms with Crippen molar-refractivity contribution in [1.82, 2.24) is 29.1 Å². The Kier molecular flexibility index (Phi) is 4.01. The molecule has 0 atom stereocenters. The molecule has 0 spiro atoms. The predicted octanol–water partition coefficient (Wildman–Crippen LogP) is 2.97. The van der Waals surface area contributed by atoms with E-state index in [1.54, 1.807) is 0 Å². The summed E-state index contributed by atoms with van der Waals surface area (Å²) < 4.78 is 9.46. The minimum Gasteiger partial charge on any atom is -0.378 e. The molecule has 5 rings (SSSR count). The monoisotopic (exact) mass is 377 g/mol. The minimum atomic E-state index is 0.362. The molecule has 0 saturated heterocycles. The van der Waals surface area contributed by atoms with Crippen LogP contribution in [0.15, 0.2) is 30.6 Å². The number of nitrogens with zero attached hydrogens (tertiary/aromatic N) is 6. The largest absolute Gasteiger partial charge is 0.378 e. The zero-order valence-electron chi connectivity index (χ0n) is 16.3. The summed E-state index contributed by atoms with van der Waals surface area (Å²) in [5, 5.41) is 8.00. The third-order valence-corrected chi connectivity index (χ3v) is 5.46. The van der Waals surface area contributed by atoms with Gasteiger partial charge in [0.2, 0.25) is 5.95 Å². The molecule has 1 aliphatic carbocycles. The van der Waals surface area contributed by atoms with E-state index >= 15 is 0 Å². The maximum atomic E-state index is 5.61. The Morgan fingerprint density at radius 3 is 2.89 bits per heavy atom. The lowest BCUT2D eigenvalue weighted by Gasteiger charge is -2.35. The summed E-state index contributed by atoms with van der Waals surface area (Å²) in [6.45, 7) is 4.78. The van der Waals surface area contributed by atoms with Crippen molar-refractivity contribution in [3.05, 3.63) is 36.4 Å². The molecule has 144 valence electrons. The zero-order chi connectivity index (χ0) is 19.3. The van der Waals surface area contributed by atoms with Crippen LogP contribution in [0.5, 0.6) is 0 Å². The van der Waals surface area contributed by atoms with Crippen molar-refractivity contribution < 1.29 is 4.74 Å². The second-order valence-corrected chi connectivity index (χ2v) is 7.29. The van der Waals surface area contributed by atoms with Gasteiger partial charge in [0.05, 0.1) is 23.5 Å². The molecule has 1 aliphatic rings. The normalized spacial score (nSPS) is 19.2. The standard InChI is InChI=1S/C20H23N7O/c1-4-28-14-9-13(10-14)23-20-21-11-18-15(7-8-27(18)25-20)16-5-6-17-19(24-16)26(3)12(2)22-17/h5-8,11,13-14H,4,9-10H2,1-3H3,(H,23,25)/t13-,14-. The Bertz CT molecular complexity index is 1160. The molecule has 0 amide bonds. The number of pyridine rings is 1. The number of rotatable bonds is 5. The Labute approximate surface area is 162 Å². The summed E-state index contributed by atoms with van der Waals surface area (Å²) in [4.78, 5) is 13.8. The molecule has 0 aliphatic heterocycles. The van der Waals surface area contributed by atoms with E-state index in [0.29, 0.717) is 18.1 Å². The van der Waals surface area contributed by atoms with Gasteiger partial charge >= 0.3 is 0 Å². The second kappa shape index (κ2) is 6.56. The van der Waals surface area contributed by atoms with Gasteiger partial charge in [-0.1, -0.05) is 0 Å². The van der Waals surface area contributed by atoms with Gasteiger partial charge < -0.3 is 14.6 Å². The average Bonchev–Trinajstić information content (AvgIpc) is 3.21. The molecule has 4 heterocycles. The number of nitrogens with one attached hydrogen (secondary N) is 1. The van der Waals surface area contributed by atoms with Crippen LogP contribution in [0.2, 0.25) is 0 Å². The van der Waals surface area contributed by atoms with Crippen LogP contribution in [0, 0.1) is 6.92 Å². The van der Waals surface area contributed by atoms with E-state index in [0.717, 1.165) is 53.2 Å². The van der Waals surface area contributed by atoms with Gasteiger partial charge in [-0.25, -0.2) is 19.5 Å². The quantitative estimate of drug-likeness (QED) is 0.576. The first-order valence-electron chi connectivity index (χ1n) is 9.65. The van der Waals surface area contributed by atoms with Crippen LogP contribution in [-0.2, 0) is 11.8 Å². The Morgan fingerprint density at radius 1 is 1.21 bits per heavy atom. The lowest BCUT2D eigenvalue weighted by molar-refractivity contribution is 0.00283. The Morgan fingerprint density at radius 2 is 2.07 bits per heavy atom. The minimum absolute atomic E-state index is 0.362. The molecular formula is C20H23N7O. The molecule has 8 nitrogen and oxygen atoms in total. The number of anilines is 1. The summed E-state index contributed by atoms with van der Waals surface area (Å²) >= 11 is 0. The molecule has 1 saturated carbocycles. The van der Waals surface area contributed by atoms with Gasteiger partial charge in [0.15, 0.2) is 5.65 Å². The van der Waals surface area contributed by atoms with Gasteiger partial charge in [-0.3, -0.25) is 0 Å². The summed E-state index contributed by atoms with van der Waals surface area (Å²) in [5.41, 5.74) is 4.61. The van der Waals surface area contributed by atoms with Crippen molar-refractivity contribution in [2.75, 3.05) is 11.9 Å². The fraction of sp³-hybridized carbons (Fsp3) is 0.400. The van der Waals surface area contributed by atoms with E-state index in [1.165, 1.54) is 0 Å². The smallest absolute Gasteiger partial charge is 0.241 e. The van der Waals surface area contributed by atoms with Crippen molar-refractivity contribution in [3.63, 3.8) is 0 Å². The van der Waals surface area contributed by atoms with Crippen LogP contribution in [0.3, 0.4) is 0 Å². The summed E-state index contributed by atoms with van der Waals surface area (Å²) in [6.07, 6.45) is 6.16. The molecule has 0 radical (unpaired) electrons. The highest BCUT2D eigenvalue weighted by Crippen LogP contribution is 2.28. The highest BCUT2D eigenvalue weighted by molar-refractivity contribution is 5.82. The lowest BCUT2D eigenvalue weighted by Crippen LogP contribution is -2.41. The van der Waals surface area contributed by atoms with Gasteiger partial charge in [-0.15, -0.1) is 5.10 Å². The molecule has 4 aromatic heterocycles. The van der Waals surface area contributed by atoms with Crippen molar-refractivity contribution >= 4 is 22.6 Å². The van der Waals surface area contributed by atoms with Crippen LogP contribution in [0.25, 0.3) is 27.9 Å². The third-order valence-electron chi connectivity index (χ3n) is 5.46. The number of hydrogen-bond acceptors (Lipinski definition) is 6. The van der Waals surface area contributed by atoms with E-state index in [-0.39, 0.29) is 0 Å². The first-order chi connectivity index (χ1) is 13.6. The fourth-order valence-electron chi connectivity index (χ4n) is 3.75. The van der Waals surface area contributed by atoms with Gasteiger partial charge in [-0.2, -0.15) is 0 Å². The molecule has 0 aromatic carbocycles. The van der Waals surface area contributed by atoms with E-state index in [9.17, 15) is 0 Å². The number of ether oxygens (including phenoxy) is 1. The first-order valence-corrected chi connectivity index (χ1v) is 9.65. The van der Waals surface area contributed by atoms with Crippen LogP contribution < -0.4 is 5.32 Å². The molecule has 1 fully saturated rings. The topological polar surface area (TPSA) is 82.2 Å². The van der Waals surface area contributed by atoms with E-state index < -0.39 is 0 Å². The maximum Gasteiger partial charge on any atom is 0.241 e. The second-order valence-electron chi connectivity index (χ2n) is 7.29. The highest BCUT2D eigenvalue weighted by Gasteiger charge is 2.30. The van der Waals surface area contributed by atoms with E-state index in [4.69, 9.17) is 9.72 Å². The number of fused-ring (bicyclic) bond motifs is 2. The molecule has 8 heteroatoms. The van der Waals surface area contributed by atoms with Crippen LogP contribution >= 0.6 is 0 Å². The third kappa shape index (κ3) is 2.80. The Hall–Kier alpha value is -3.00. The first kappa shape index (κ1) is 17.1. The SMILES string of the molecule is CCO[C@H]1C[C@H](Nc2ncc3c(-c4ccc5nc(C)n(C)c5n4)ccn3n2)C1. The highest BCUT2D eigenvalue weighted by atomic mass is 16.5. The van der Waals surface area contributed by atoms with Crippen LogP contribution in [0.4, 0.5) is 5.95 Å². The molecule has 0 unspecified atom stereocenters. The molecule has 28 heavy (non-hydrogen) atoms. The summed E-state index contributed by atoms with van der Waals surface area (Å²) in [6, 6.07) is 6.41. The van der Waals surface area contributed by atoms with Gasteiger partial charge in [-0.05, 0) is 44.9 Å². The van der Waals surface area contributed by atoms with Gasteiger partial charge in [0.25, 0.3) is 0 Å². The van der Waals surface area contributed by atoms with Crippen molar-refractivity contribution in [3.8, 4) is 11.3 Å². The van der Waals surface area contributed by atoms with Crippen LogP contribution in [-0.4, -0.2) is 47.9 Å². The summed E-state index contributed by atoms with van der Waals surface area (Å²) in [7, 11) is 1.98. The molecule has 1 N–H and O–H groups in total. The molecular weight excluding hydrogens is 354 g/mol. The van der Waals surface area contributed by atoms with E-state index in [2.05, 4.69) is 20.4 Å². The van der Waals surface area contributed by atoms with Crippen LogP contribution in [0.1, 0.15) is 25.6 Å². The number of imidazole rings is 1. The number of aryl methyl sites for hydroxylation is 2. The molecule has 4 aromatic rings. The fourth-order valence-corrected chi connectivity index (χ4v) is 3.75. The molecule has 0 bridgehead atoms. The lowest BCUT2D eigenvalue weighted by atomic mass is 9.89. The maximum absolute atomic E-state index is 5.61. The van der Waals surface area contributed by atoms with Gasteiger partial charge in [0.1, 0.15) is 11.3 Å². The van der Waals surface area contributed by atoms with Crippen molar-refractivity contribution in [2.45, 2.75) is 38.8 Å². The average molecular weight is 377 g/mol. The number of aromatic nitrogens is 6. The Balaban J connectivity index is 1.42. The number of hydrogen-bond donors (Lipinski definition) is 1. The predicted molar refractivity (Wildman–Crippen MR) is 107 cm³/mol. The van der Waals surface area contributed by atoms with Crippen molar-refractivity contribution in [2.24, 2.45) is 7.05 Å². The van der Waals surface area contributed by atoms with Gasteiger partial charge in [0, 0.05) is 31.5 Å².